The summed E-state index contributed by atoms with van der Waals surface area (Å²) in [7, 11) is -3.36. The molecule has 0 saturated carbocycles. The highest BCUT2D eigenvalue weighted by atomic mass is 32.2. The van der Waals surface area contributed by atoms with E-state index in [9.17, 15) is 13.2 Å². The topological polar surface area (TPSA) is 63.2 Å². The number of rotatable bonds is 4. The average Bonchev–Trinajstić information content (AvgIpc) is 1.64. The molecule has 0 aromatic rings. The van der Waals surface area contributed by atoms with Gasteiger partial charge in [0.2, 0.25) is 10.0 Å². The molecule has 0 atom stereocenters. The normalized spacial score (nSPS) is 10.8. The van der Waals surface area contributed by atoms with Crippen LogP contribution in [0.3, 0.4) is 0 Å². The average molecular weight is 150 g/mol. The minimum Gasteiger partial charge on any atom is -0.263 e. The molecule has 9 heavy (non-hydrogen) atoms. The summed E-state index contributed by atoms with van der Waals surface area (Å²) >= 11 is 0. The molecule has 1 radical (unpaired) electrons. The molecule has 1 amide bonds. The minimum absolute atomic E-state index is 0.0256. The Kier molecular flexibility index (Phi) is 3.22. The Hall–Kier alpha value is -0.580. The van der Waals surface area contributed by atoms with E-state index in [2.05, 4.69) is 0 Å². The van der Waals surface area contributed by atoms with Crippen LogP contribution in [0.5, 0.6) is 0 Å². The fraction of sp³-hybridized carbons (Fsp3) is 0.750. The van der Waals surface area contributed by atoms with Crippen molar-refractivity contribution in [3.05, 3.63) is 0 Å². The first kappa shape index (κ1) is 8.42. The summed E-state index contributed by atoms with van der Waals surface area (Å²) in [6.45, 7) is 1.71. The zero-order valence-corrected chi connectivity index (χ0v) is 5.86. The largest absolute Gasteiger partial charge is 0.323 e. The maximum Gasteiger partial charge on any atom is 0.323 e. The summed E-state index contributed by atoms with van der Waals surface area (Å²) in [6, 6.07) is 0. The van der Waals surface area contributed by atoms with Crippen molar-refractivity contribution in [2.45, 2.75) is 13.3 Å². The van der Waals surface area contributed by atoms with Crippen molar-refractivity contribution >= 4 is 16.4 Å². The van der Waals surface area contributed by atoms with Gasteiger partial charge in [0, 0.05) is 0 Å². The van der Waals surface area contributed by atoms with Crippen LogP contribution in [-0.4, -0.2) is 20.6 Å². The van der Waals surface area contributed by atoms with E-state index in [0.29, 0.717) is 6.42 Å². The van der Waals surface area contributed by atoms with E-state index in [0.717, 1.165) is 6.41 Å². The Bertz CT molecular complexity index is 172. The number of carbonyl (C=O) groups excluding carboxylic acids is 1. The molecule has 0 rings (SSSR count). The summed E-state index contributed by atoms with van der Waals surface area (Å²) in [6.07, 6.45) is 1.60. The fourth-order valence-corrected chi connectivity index (χ4v) is 1.15. The molecule has 0 aromatic carbocycles. The van der Waals surface area contributed by atoms with E-state index in [1.54, 1.807) is 11.6 Å². The predicted octanol–water partition coefficient (Wildman–Crippen LogP) is -0.617. The molecule has 1 N–H and O–H groups in total. The minimum atomic E-state index is -3.36. The first-order chi connectivity index (χ1) is 4.12. The highest BCUT2D eigenvalue weighted by Crippen LogP contribution is 1.84. The van der Waals surface area contributed by atoms with Gasteiger partial charge in [0.25, 0.3) is 0 Å². The van der Waals surface area contributed by atoms with Gasteiger partial charge in [0.15, 0.2) is 0 Å². The Balaban J connectivity index is 3.88. The van der Waals surface area contributed by atoms with Gasteiger partial charge in [0.1, 0.15) is 0 Å². The summed E-state index contributed by atoms with van der Waals surface area (Å²) < 4.78 is 22.5. The van der Waals surface area contributed by atoms with Crippen molar-refractivity contribution in [3.8, 4) is 0 Å². The Morgan fingerprint density at radius 2 is 2.11 bits per heavy atom. The third-order valence-electron chi connectivity index (χ3n) is 0.670. The second-order valence-electron chi connectivity index (χ2n) is 1.52. The fourth-order valence-electron chi connectivity index (χ4n) is 0.383. The lowest BCUT2D eigenvalue weighted by Crippen LogP contribution is -2.24. The molecule has 0 aliphatic carbocycles. The Labute approximate surface area is 54.3 Å². The van der Waals surface area contributed by atoms with Gasteiger partial charge in [-0.25, -0.2) is 13.1 Å². The molecule has 0 spiro atoms. The molecule has 0 heterocycles. The van der Waals surface area contributed by atoms with Crippen LogP contribution in [0.4, 0.5) is 0 Å². The summed E-state index contributed by atoms with van der Waals surface area (Å²) in [5, 5.41) is 0. The van der Waals surface area contributed by atoms with Gasteiger partial charge >= 0.3 is 6.41 Å². The van der Waals surface area contributed by atoms with E-state index in [1.807, 2.05) is 0 Å². The highest BCUT2D eigenvalue weighted by molar-refractivity contribution is 7.89. The maximum absolute atomic E-state index is 10.5. The second-order valence-corrected chi connectivity index (χ2v) is 3.36. The SMILES string of the molecule is CCCS(=O)(=O)N[C]=O. The third kappa shape index (κ3) is 3.96. The molecule has 0 fully saturated rings. The van der Waals surface area contributed by atoms with E-state index in [4.69, 9.17) is 0 Å². The number of amides is 1. The predicted molar refractivity (Wildman–Crippen MR) is 32.9 cm³/mol. The Morgan fingerprint density at radius 1 is 1.56 bits per heavy atom. The van der Waals surface area contributed by atoms with E-state index in [1.165, 1.54) is 0 Å². The molecular weight excluding hydrogens is 142 g/mol. The van der Waals surface area contributed by atoms with Crippen LogP contribution in [0.1, 0.15) is 13.3 Å². The molecule has 0 saturated heterocycles. The van der Waals surface area contributed by atoms with Gasteiger partial charge < -0.3 is 0 Å². The van der Waals surface area contributed by atoms with Crippen molar-refractivity contribution in [1.82, 2.24) is 4.72 Å². The lowest BCUT2D eigenvalue weighted by molar-refractivity contribution is 0.547. The van der Waals surface area contributed by atoms with E-state index >= 15 is 0 Å². The molecule has 0 aromatic heterocycles. The highest BCUT2D eigenvalue weighted by Gasteiger charge is 2.04. The van der Waals surface area contributed by atoms with Gasteiger partial charge in [-0.1, -0.05) is 6.92 Å². The van der Waals surface area contributed by atoms with Crippen molar-refractivity contribution in [2.24, 2.45) is 0 Å². The summed E-state index contributed by atoms with van der Waals surface area (Å²) in [4.78, 5) is 9.48. The van der Waals surface area contributed by atoms with E-state index in [-0.39, 0.29) is 5.75 Å². The number of nitrogens with one attached hydrogen (secondary N) is 1. The molecule has 4 nitrogen and oxygen atoms in total. The zero-order chi connectivity index (χ0) is 7.33. The van der Waals surface area contributed by atoms with Crippen molar-refractivity contribution in [3.63, 3.8) is 0 Å². The quantitative estimate of drug-likeness (QED) is 0.543. The van der Waals surface area contributed by atoms with Gasteiger partial charge in [-0.15, -0.1) is 0 Å². The molecule has 0 aliphatic rings. The van der Waals surface area contributed by atoms with Crippen LogP contribution in [0.25, 0.3) is 0 Å². The van der Waals surface area contributed by atoms with Crippen molar-refractivity contribution in [1.29, 1.82) is 0 Å². The summed E-state index contributed by atoms with van der Waals surface area (Å²) in [5.74, 6) is -0.0256. The lowest BCUT2D eigenvalue weighted by atomic mass is 10.6. The second kappa shape index (κ2) is 3.45. The molecule has 0 unspecified atom stereocenters. The van der Waals surface area contributed by atoms with Crippen LogP contribution >= 0.6 is 0 Å². The molecule has 0 bridgehead atoms. The third-order valence-corrected chi connectivity index (χ3v) is 2.01. The van der Waals surface area contributed by atoms with Crippen molar-refractivity contribution < 1.29 is 13.2 Å². The first-order valence-corrected chi connectivity index (χ1v) is 4.14. The molecule has 0 aliphatic heterocycles. The van der Waals surface area contributed by atoms with Crippen LogP contribution in [-0.2, 0) is 14.8 Å². The van der Waals surface area contributed by atoms with E-state index < -0.39 is 10.0 Å². The van der Waals surface area contributed by atoms with Crippen LogP contribution < -0.4 is 4.72 Å². The molecule has 53 valence electrons. The van der Waals surface area contributed by atoms with Crippen LogP contribution in [0.2, 0.25) is 0 Å². The number of sulfonamides is 1. The van der Waals surface area contributed by atoms with Crippen LogP contribution in [0.15, 0.2) is 0 Å². The maximum atomic E-state index is 10.5. The monoisotopic (exact) mass is 150 g/mol. The summed E-state index contributed by atoms with van der Waals surface area (Å²) in [5.41, 5.74) is 0. The standard InChI is InChI=1S/C4H8NO3S/c1-2-3-9(7,8)5-4-6/h2-3H2,1H3,(H,5,6). The lowest BCUT2D eigenvalue weighted by Gasteiger charge is -1.95. The van der Waals surface area contributed by atoms with Crippen molar-refractivity contribution in [2.75, 3.05) is 5.75 Å². The molecule has 5 heteroatoms. The Morgan fingerprint density at radius 3 is 2.44 bits per heavy atom. The van der Waals surface area contributed by atoms with Gasteiger partial charge in [-0.05, 0) is 6.42 Å². The number of hydrogen-bond donors (Lipinski definition) is 1. The van der Waals surface area contributed by atoms with Gasteiger partial charge in [0.05, 0.1) is 5.75 Å². The zero-order valence-electron chi connectivity index (χ0n) is 5.05. The first-order valence-electron chi connectivity index (χ1n) is 2.49. The number of hydrogen-bond acceptors (Lipinski definition) is 3. The molecular formula is C4H8NO3S. The van der Waals surface area contributed by atoms with Gasteiger partial charge in [-0.3, -0.25) is 4.79 Å². The van der Waals surface area contributed by atoms with Gasteiger partial charge in [-0.2, -0.15) is 0 Å². The smallest absolute Gasteiger partial charge is 0.263 e. The van der Waals surface area contributed by atoms with Crippen LogP contribution in [0, 0.1) is 0 Å².